The molecule has 1 aromatic rings. The molecule has 184 valence electrons. The molecule has 10 heteroatoms. The quantitative estimate of drug-likeness (QED) is 0.615. The first-order chi connectivity index (χ1) is 15.5. The molecule has 0 radical (unpaired) electrons. The molecule has 0 saturated carbocycles. The minimum atomic E-state index is -1.16. The predicted octanol–water partition coefficient (Wildman–Crippen LogP) is 2.65. The van der Waals surface area contributed by atoms with E-state index in [2.05, 4.69) is 0 Å². The molecule has 0 unspecified atom stereocenters. The molecular formula is C23H36BNO8. The van der Waals surface area contributed by atoms with E-state index < -0.39 is 55.1 Å². The standard InChI is InChI=1S/C23H36BNO8/c1-9-30-18-17(28-7)14(2)31-20(19(18)29-8)25(21(26)27)16-12-10-15(11-13-16)24-32-22(3,4)23(5,6)33-24/h10-14,17-20H,9H2,1-8H3,(H,26,27)/t14-,17-,18+,19+,20-/m1/s1. The molecule has 2 fully saturated rings. The van der Waals surface area contributed by atoms with Crippen molar-refractivity contribution in [2.45, 2.75) is 83.4 Å². The fourth-order valence-electron chi connectivity index (χ4n) is 4.29. The van der Waals surface area contributed by atoms with Gasteiger partial charge in [0, 0.05) is 26.5 Å². The molecule has 0 bridgehead atoms. The number of amides is 1. The molecule has 2 heterocycles. The van der Waals surface area contributed by atoms with Gasteiger partial charge in [0.25, 0.3) is 0 Å². The molecule has 2 aliphatic rings. The van der Waals surface area contributed by atoms with E-state index in [0.717, 1.165) is 10.4 Å². The van der Waals surface area contributed by atoms with E-state index in [9.17, 15) is 9.90 Å². The lowest BCUT2D eigenvalue weighted by Crippen LogP contribution is -2.64. The predicted molar refractivity (Wildman–Crippen MR) is 124 cm³/mol. The minimum Gasteiger partial charge on any atom is -0.465 e. The highest BCUT2D eigenvalue weighted by molar-refractivity contribution is 6.62. The van der Waals surface area contributed by atoms with Gasteiger partial charge in [-0.1, -0.05) is 12.1 Å². The molecule has 3 rings (SSSR count). The summed E-state index contributed by atoms with van der Waals surface area (Å²) in [5.41, 5.74) is 0.310. The van der Waals surface area contributed by atoms with Crippen LogP contribution < -0.4 is 10.4 Å². The monoisotopic (exact) mass is 465 g/mol. The van der Waals surface area contributed by atoms with Gasteiger partial charge in [-0.2, -0.15) is 0 Å². The van der Waals surface area contributed by atoms with Crippen LogP contribution in [0.2, 0.25) is 0 Å². The van der Waals surface area contributed by atoms with Gasteiger partial charge in [-0.05, 0) is 59.1 Å². The third kappa shape index (κ3) is 4.92. The molecule has 1 aromatic carbocycles. The summed E-state index contributed by atoms with van der Waals surface area (Å²) in [5.74, 6) is 0. The summed E-state index contributed by atoms with van der Waals surface area (Å²) in [6, 6.07) is 7.04. The molecule has 33 heavy (non-hydrogen) atoms. The van der Waals surface area contributed by atoms with E-state index in [0.29, 0.717) is 12.3 Å². The summed E-state index contributed by atoms with van der Waals surface area (Å²) in [7, 11) is 2.55. The van der Waals surface area contributed by atoms with Crippen LogP contribution in [0.4, 0.5) is 10.5 Å². The second-order valence-corrected chi connectivity index (χ2v) is 9.38. The summed E-state index contributed by atoms with van der Waals surface area (Å²) < 4.78 is 35.5. The van der Waals surface area contributed by atoms with E-state index in [1.807, 2.05) is 41.5 Å². The second-order valence-electron chi connectivity index (χ2n) is 9.38. The minimum absolute atomic E-state index is 0.396. The van der Waals surface area contributed by atoms with Crippen molar-refractivity contribution in [3.05, 3.63) is 24.3 Å². The van der Waals surface area contributed by atoms with Crippen LogP contribution in [0, 0.1) is 0 Å². The van der Waals surface area contributed by atoms with Crippen molar-refractivity contribution in [1.82, 2.24) is 0 Å². The number of hydrogen-bond donors (Lipinski definition) is 1. The van der Waals surface area contributed by atoms with Gasteiger partial charge >= 0.3 is 13.2 Å². The molecule has 1 N–H and O–H groups in total. The van der Waals surface area contributed by atoms with Gasteiger partial charge in [0.2, 0.25) is 0 Å². The highest BCUT2D eigenvalue weighted by Crippen LogP contribution is 2.37. The van der Waals surface area contributed by atoms with Crippen molar-refractivity contribution in [2.24, 2.45) is 0 Å². The number of methoxy groups -OCH3 is 2. The maximum atomic E-state index is 12.4. The molecule has 0 aromatic heterocycles. The SMILES string of the molecule is CCO[C@@H]1[C@H](OC)[C@H](N(C(=O)O)c2ccc(B3OC(C)(C)C(C)(C)O3)cc2)O[C@H](C)[C@H]1OC. The summed E-state index contributed by atoms with van der Waals surface area (Å²) in [5, 5.41) is 10.1. The number of carboxylic acid groups (broad SMARTS) is 1. The van der Waals surface area contributed by atoms with Crippen LogP contribution in [0.1, 0.15) is 41.5 Å². The maximum Gasteiger partial charge on any atom is 0.494 e. The molecule has 2 saturated heterocycles. The zero-order valence-corrected chi connectivity index (χ0v) is 20.7. The topological polar surface area (TPSA) is 95.9 Å². The normalized spacial score (nSPS) is 30.9. The zero-order chi connectivity index (χ0) is 24.6. The molecule has 0 aliphatic carbocycles. The van der Waals surface area contributed by atoms with Gasteiger partial charge in [0.1, 0.15) is 18.3 Å². The lowest BCUT2D eigenvalue weighted by Gasteiger charge is -2.47. The number of anilines is 1. The zero-order valence-electron chi connectivity index (χ0n) is 20.7. The fraction of sp³-hybridized carbons (Fsp3) is 0.696. The molecule has 1 amide bonds. The average Bonchev–Trinajstić information content (AvgIpc) is 2.96. The van der Waals surface area contributed by atoms with E-state index in [1.165, 1.54) is 7.11 Å². The highest BCUT2D eigenvalue weighted by atomic mass is 16.7. The van der Waals surface area contributed by atoms with Crippen molar-refractivity contribution in [3.63, 3.8) is 0 Å². The smallest absolute Gasteiger partial charge is 0.465 e. The van der Waals surface area contributed by atoms with Crippen LogP contribution in [-0.4, -0.2) is 81.0 Å². The van der Waals surface area contributed by atoms with E-state index in [4.69, 9.17) is 28.3 Å². The van der Waals surface area contributed by atoms with Crippen molar-refractivity contribution in [1.29, 1.82) is 0 Å². The second kappa shape index (κ2) is 9.89. The Morgan fingerprint density at radius 2 is 1.58 bits per heavy atom. The van der Waals surface area contributed by atoms with Gasteiger partial charge in [0.05, 0.1) is 17.3 Å². The van der Waals surface area contributed by atoms with Gasteiger partial charge in [-0.15, -0.1) is 0 Å². The lowest BCUT2D eigenvalue weighted by molar-refractivity contribution is -0.241. The number of ether oxygens (including phenoxy) is 4. The Balaban J connectivity index is 1.89. The van der Waals surface area contributed by atoms with Crippen LogP contribution in [0.5, 0.6) is 0 Å². The Morgan fingerprint density at radius 1 is 1.03 bits per heavy atom. The fourth-order valence-corrected chi connectivity index (χ4v) is 4.29. The Morgan fingerprint density at radius 3 is 2.03 bits per heavy atom. The van der Waals surface area contributed by atoms with E-state index in [1.54, 1.807) is 31.4 Å². The van der Waals surface area contributed by atoms with E-state index in [-0.39, 0.29) is 0 Å². The number of carbonyl (C=O) groups is 1. The van der Waals surface area contributed by atoms with Crippen molar-refractivity contribution in [2.75, 3.05) is 25.7 Å². The Kier molecular flexibility index (Phi) is 7.77. The number of nitrogens with zero attached hydrogens (tertiary/aromatic N) is 1. The third-order valence-corrected chi connectivity index (χ3v) is 6.81. The van der Waals surface area contributed by atoms with Crippen LogP contribution >= 0.6 is 0 Å². The van der Waals surface area contributed by atoms with Crippen molar-refractivity contribution in [3.8, 4) is 0 Å². The molecule has 2 aliphatic heterocycles. The molecular weight excluding hydrogens is 429 g/mol. The molecule has 5 atom stereocenters. The van der Waals surface area contributed by atoms with Crippen molar-refractivity contribution < 1.29 is 38.2 Å². The van der Waals surface area contributed by atoms with Gasteiger partial charge < -0.3 is 33.4 Å². The summed E-state index contributed by atoms with van der Waals surface area (Å²) in [6.07, 6.45) is -4.08. The maximum absolute atomic E-state index is 12.4. The first-order valence-corrected chi connectivity index (χ1v) is 11.3. The first-order valence-electron chi connectivity index (χ1n) is 11.3. The summed E-state index contributed by atoms with van der Waals surface area (Å²) in [4.78, 5) is 13.5. The van der Waals surface area contributed by atoms with Crippen LogP contribution in [0.15, 0.2) is 24.3 Å². The number of hydrogen-bond acceptors (Lipinski definition) is 7. The summed E-state index contributed by atoms with van der Waals surface area (Å²) in [6.45, 7) is 12.1. The summed E-state index contributed by atoms with van der Waals surface area (Å²) >= 11 is 0. The van der Waals surface area contributed by atoms with Gasteiger partial charge in [-0.3, -0.25) is 0 Å². The number of benzene rings is 1. The van der Waals surface area contributed by atoms with Gasteiger partial charge in [0.15, 0.2) is 6.23 Å². The Labute approximate surface area is 196 Å². The highest BCUT2D eigenvalue weighted by Gasteiger charge is 2.52. The largest absolute Gasteiger partial charge is 0.494 e. The lowest BCUT2D eigenvalue weighted by atomic mass is 9.79. The van der Waals surface area contributed by atoms with Crippen molar-refractivity contribution >= 4 is 24.4 Å². The van der Waals surface area contributed by atoms with E-state index >= 15 is 0 Å². The first kappa shape index (κ1) is 25.9. The average molecular weight is 465 g/mol. The van der Waals surface area contributed by atoms with Gasteiger partial charge in [-0.25, -0.2) is 9.69 Å². The Bertz CT molecular complexity index is 801. The Hall–Kier alpha value is -1.69. The van der Waals surface area contributed by atoms with Crippen LogP contribution in [-0.2, 0) is 28.3 Å². The third-order valence-electron chi connectivity index (χ3n) is 6.81. The molecule has 0 spiro atoms. The molecule has 9 nitrogen and oxygen atoms in total. The van der Waals surface area contributed by atoms with Crippen LogP contribution in [0.25, 0.3) is 0 Å². The number of rotatable bonds is 7. The van der Waals surface area contributed by atoms with Crippen LogP contribution in [0.3, 0.4) is 0 Å².